The summed E-state index contributed by atoms with van der Waals surface area (Å²) >= 11 is 0. The van der Waals surface area contributed by atoms with Crippen molar-refractivity contribution in [3.05, 3.63) is 59.4 Å². The fraction of sp³-hybridized carbons (Fsp3) is 0.188. The largest absolute Gasteiger partial charge is 0.384 e. The third kappa shape index (κ3) is 2.50. The molecule has 3 rings (SSSR count). The summed E-state index contributed by atoms with van der Waals surface area (Å²) in [5.41, 5.74) is 3.12. The van der Waals surface area contributed by atoms with Gasteiger partial charge in [-0.05, 0) is 42.7 Å². The standard InChI is InChI=1S/C16H15FN2O/c17-12-6-2-7-13(10-12)19-16(20)14-8-1-4-11-5-3-9-18-15(11)14/h1-2,4,6-8,10,18H,3,5,9H2,(H,19,20). The van der Waals surface area contributed by atoms with Gasteiger partial charge in [0.2, 0.25) is 0 Å². The Hall–Kier alpha value is -2.36. The number of amides is 1. The molecule has 0 spiro atoms. The Bertz CT molecular complexity index is 655. The molecule has 0 atom stereocenters. The maximum absolute atomic E-state index is 13.1. The number of benzene rings is 2. The van der Waals surface area contributed by atoms with Crippen LogP contribution in [0.4, 0.5) is 15.8 Å². The minimum absolute atomic E-state index is 0.221. The zero-order chi connectivity index (χ0) is 13.9. The van der Waals surface area contributed by atoms with E-state index in [-0.39, 0.29) is 11.7 Å². The van der Waals surface area contributed by atoms with Crippen LogP contribution in [0, 0.1) is 5.82 Å². The van der Waals surface area contributed by atoms with E-state index >= 15 is 0 Å². The lowest BCUT2D eigenvalue weighted by Crippen LogP contribution is -2.19. The highest BCUT2D eigenvalue weighted by Crippen LogP contribution is 2.26. The molecule has 0 aromatic heterocycles. The number of carbonyl (C=O) groups excluding carboxylic acids is 1. The van der Waals surface area contributed by atoms with Crippen molar-refractivity contribution in [2.24, 2.45) is 0 Å². The second-order valence-electron chi connectivity index (χ2n) is 4.83. The molecule has 102 valence electrons. The Balaban J connectivity index is 1.88. The normalized spacial score (nSPS) is 13.2. The SMILES string of the molecule is O=C(Nc1cccc(F)c1)c1cccc2c1NCCC2. The van der Waals surface area contributed by atoms with Crippen molar-refractivity contribution in [1.29, 1.82) is 0 Å². The van der Waals surface area contributed by atoms with Crippen LogP contribution in [0.25, 0.3) is 0 Å². The van der Waals surface area contributed by atoms with E-state index in [0.29, 0.717) is 11.3 Å². The molecule has 0 saturated heterocycles. The van der Waals surface area contributed by atoms with E-state index in [1.807, 2.05) is 12.1 Å². The number of halogens is 1. The van der Waals surface area contributed by atoms with E-state index in [1.165, 1.54) is 12.1 Å². The molecule has 0 bridgehead atoms. The van der Waals surface area contributed by atoms with Crippen molar-refractivity contribution in [3.63, 3.8) is 0 Å². The quantitative estimate of drug-likeness (QED) is 0.877. The van der Waals surface area contributed by atoms with Crippen LogP contribution in [0.2, 0.25) is 0 Å². The summed E-state index contributed by atoms with van der Waals surface area (Å²) in [6, 6.07) is 11.6. The second-order valence-corrected chi connectivity index (χ2v) is 4.83. The predicted molar refractivity (Wildman–Crippen MR) is 77.6 cm³/mol. The summed E-state index contributed by atoms with van der Waals surface area (Å²) in [5, 5.41) is 6.00. The number of hydrogen-bond donors (Lipinski definition) is 2. The number of anilines is 2. The first kappa shape index (κ1) is 12.7. The molecular weight excluding hydrogens is 255 g/mol. The molecule has 1 aliphatic heterocycles. The van der Waals surface area contributed by atoms with Gasteiger partial charge >= 0.3 is 0 Å². The molecule has 2 N–H and O–H groups in total. The molecule has 2 aromatic rings. The zero-order valence-corrected chi connectivity index (χ0v) is 10.9. The van der Waals surface area contributed by atoms with Crippen molar-refractivity contribution in [3.8, 4) is 0 Å². The van der Waals surface area contributed by atoms with Crippen LogP contribution in [0.15, 0.2) is 42.5 Å². The summed E-state index contributed by atoms with van der Waals surface area (Å²) in [7, 11) is 0. The molecule has 1 aliphatic rings. The third-order valence-electron chi connectivity index (χ3n) is 3.40. The molecule has 3 nitrogen and oxygen atoms in total. The zero-order valence-electron chi connectivity index (χ0n) is 10.9. The third-order valence-corrected chi connectivity index (χ3v) is 3.40. The lowest BCUT2D eigenvalue weighted by molar-refractivity contribution is 0.102. The monoisotopic (exact) mass is 270 g/mol. The maximum Gasteiger partial charge on any atom is 0.257 e. The fourth-order valence-corrected chi connectivity index (χ4v) is 2.46. The van der Waals surface area contributed by atoms with Gasteiger partial charge in [-0.25, -0.2) is 4.39 Å². The first-order valence-corrected chi connectivity index (χ1v) is 6.67. The van der Waals surface area contributed by atoms with Gasteiger partial charge in [-0.1, -0.05) is 18.2 Å². The number of nitrogens with one attached hydrogen (secondary N) is 2. The number of rotatable bonds is 2. The van der Waals surface area contributed by atoms with E-state index in [4.69, 9.17) is 0 Å². The first-order chi connectivity index (χ1) is 9.74. The average Bonchev–Trinajstić information content (AvgIpc) is 2.46. The number of para-hydroxylation sites is 1. The molecule has 0 aliphatic carbocycles. The smallest absolute Gasteiger partial charge is 0.257 e. The van der Waals surface area contributed by atoms with Crippen molar-refractivity contribution < 1.29 is 9.18 Å². The van der Waals surface area contributed by atoms with E-state index < -0.39 is 0 Å². The minimum Gasteiger partial charge on any atom is -0.384 e. The molecule has 2 aromatic carbocycles. The maximum atomic E-state index is 13.1. The van der Waals surface area contributed by atoms with Gasteiger partial charge in [-0.15, -0.1) is 0 Å². The lowest BCUT2D eigenvalue weighted by atomic mass is 9.99. The van der Waals surface area contributed by atoms with Crippen molar-refractivity contribution in [1.82, 2.24) is 0 Å². The van der Waals surface area contributed by atoms with Gasteiger partial charge in [-0.2, -0.15) is 0 Å². The molecule has 20 heavy (non-hydrogen) atoms. The minimum atomic E-state index is -0.365. The molecule has 1 amide bonds. The van der Waals surface area contributed by atoms with E-state index in [2.05, 4.69) is 10.6 Å². The van der Waals surface area contributed by atoms with Crippen LogP contribution in [0.3, 0.4) is 0 Å². The molecule has 0 radical (unpaired) electrons. The highest BCUT2D eigenvalue weighted by Gasteiger charge is 2.17. The molecule has 0 saturated carbocycles. The number of hydrogen-bond acceptors (Lipinski definition) is 2. The van der Waals surface area contributed by atoms with Crippen LogP contribution in [0.5, 0.6) is 0 Å². The number of fused-ring (bicyclic) bond motifs is 1. The summed E-state index contributed by atoms with van der Waals surface area (Å²) in [6.45, 7) is 0.872. The van der Waals surface area contributed by atoms with E-state index in [9.17, 15) is 9.18 Å². The van der Waals surface area contributed by atoms with Gasteiger partial charge < -0.3 is 10.6 Å². The van der Waals surface area contributed by atoms with Gasteiger partial charge in [0.25, 0.3) is 5.91 Å². The van der Waals surface area contributed by atoms with E-state index in [0.717, 1.165) is 30.6 Å². The van der Waals surface area contributed by atoms with Crippen LogP contribution < -0.4 is 10.6 Å². The van der Waals surface area contributed by atoms with Crippen LogP contribution in [0.1, 0.15) is 22.3 Å². The van der Waals surface area contributed by atoms with Crippen molar-refractivity contribution >= 4 is 17.3 Å². The van der Waals surface area contributed by atoms with Crippen molar-refractivity contribution in [2.75, 3.05) is 17.2 Å². The summed E-state index contributed by atoms with van der Waals surface area (Å²) in [6.07, 6.45) is 2.05. The van der Waals surface area contributed by atoms with Gasteiger partial charge in [0.1, 0.15) is 5.82 Å². The fourth-order valence-electron chi connectivity index (χ4n) is 2.46. The van der Waals surface area contributed by atoms with Crippen molar-refractivity contribution in [2.45, 2.75) is 12.8 Å². The highest BCUT2D eigenvalue weighted by atomic mass is 19.1. The van der Waals surface area contributed by atoms with Gasteiger partial charge in [0, 0.05) is 12.2 Å². The van der Waals surface area contributed by atoms with Crippen LogP contribution >= 0.6 is 0 Å². The van der Waals surface area contributed by atoms with Gasteiger partial charge in [-0.3, -0.25) is 4.79 Å². The Morgan fingerprint density at radius 2 is 2.05 bits per heavy atom. The van der Waals surface area contributed by atoms with E-state index in [1.54, 1.807) is 18.2 Å². The van der Waals surface area contributed by atoms with Gasteiger partial charge in [0.05, 0.1) is 11.3 Å². The average molecular weight is 270 g/mol. The van der Waals surface area contributed by atoms with Crippen LogP contribution in [-0.2, 0) is 6.42 Å². The molecule has 0 unspecified atom stereocenters. The lowest BCUT2D eigenvalue weighted by Gasteiger charge is -2.20. The Labute approximate surface area is 116 Å². The Morgan fingerprint density at radius 1 is 1.20 bits per heavy atom. The first-order valence-electron chi connectivity index (χ1n) is 6.67. The number of carbonyl (C=O) groups is 1. The van der Waals surface area contributed by atoms with Crippen LogP contribution in [-0.4, -0.2) is 12.5 Å². The topological polar surface area (TPSA) is 41.1 Å². The molecular formula is C16H15FN2O. The summed E-state index contributed by atoms with van der Waals surface area (Å²) in [5.74, 6) is -0.585. The second kappa shape index (κ2) is 5.33. The molecule has 1 heterocycles. The number of aryl methyl sites for hydroxylation is 1. The highest BCUT2D eigenvalue weighted by molar-refractivity contribution is 6.08. The molecule has 0 fully saturated rings. The Kier molecular flexibility index (Phi) is 3.37. The Morgan fingerprint density at radius 3 is 2.90 bits per heavy atom. The van der Waals surface area contributed by atoms with Gasteiger partial charge in [0.15, 0.2) is 0 Å². The predicted octanol–water partition coefficient (Wildman–Crippen LogP) is 3.44. The molecule has 4 heteroatoms. The summed E-state index contributed by atoms with van der Waals surface area (Å²) in [4.78, 5) is 12.3. The summed E-state index contributed by atoms with van der Waals surface area (Å²) < 4.78 is 13.1.